The number of carbonyl (C=O) groups excluding carboxylic acids is 1. The number of amides is 1. The summed E-state index contributed by atoms with van der Waals surface area (Å²) in [5.74, 6) is 0.281. The number of ether oxygens (including phenoxy) is 1. The zero-order chi connectivity index (χ0) is 15.1. The van der Waals surface area contributed by atoms with Crippen LogP contribution in [0.15, 0.2) is 11.2 Å². The van der Waals surface area contributed by atoms with Crippen LogP contribution in [0.25, 0.3) is 0 Å². The van der Waals surface area contributed by atoms with Crippen molar-refractivity contribution in [2.24, 2.45) is 0 Å². The summed E-state index contributed by atoms with van der Waals surface area (Å²) in [6.45, 7) is 7.06. The minimum Gasteiger partial charge on any atom is -0.444 e. The molecule has 1 fully saturated rings. The van der Waals surface area contributed by atoms with E-state index in [4.69, 9.17) is 4.74 Å². The number of nitrogens with one attached hydrogen (secondary N) is 1. The molecule has 1 atom stereocenters. The number of hydrogen-bond donors (Lipinski definition) is 1. The van der Waals surface area contributed by atoms with Gasteiger partial charge >= 0.3 is 6.09 Å². The van der Waals surface area contributed by atoms with Crippen molar-refractivity contribution in [1.82, 2.24) is 9.62 Å². The first-order valence-corrected chi connectivity index (χ1v) is 8.95. The Labute approximate surface area is 124 Å². The SMILES string of the molecule is CC1SC=C(NC(=O)OC(C)(C)C)N1S(=O)(=O)C1CC1. The van der Waals surface area contributed by atoms with Crippen molar-refractivity contribution in [2.45, 2.75) is 56.8 Å². The normalized spacial score (nSPS) is 23.5. The van der Waals surface area contributed by atoms with Crippen LogP contribution < -0.4 is 5.32 Å². The van der Waals surface area contributed by atoms with E-state index in [1.165, 1.54) is 16.1 Å². The molecule has 1 aliphatic carbocycles. The average molecular weight is 320 g/mol. The van der Waals surface area contributed by atoms with Gasteiger partial charge in [-0.1, -0.05) is 0 Å². The largest absolute Gasteiger partial charge is 0.444 e. The monoisotopic (exact) mass is 320 g/mol. The molecule has 0 radical (unpaired) electrons. The second-order valence-corrected chi connectivity index (χ2v) is 9.19. The smallest absolute Gasteiger partial charge is 0.413 e. The Hall–Kier alpha value is -0.890. The lowest BCUT2D eigenvalue weighted by Crippen LogP contribution is -2.42. The molecule has 0 aromatic carbocycles. The number of alkyl carbamates (subject to hydrolysis) is 1. The summed E-state index contributed by atoms with van der Waals surface area (Å²) in [5.41, 5.74) is -0.623. The fourth-order valence-corrected chi connectivity index (χ4v) is 4.97. The van der Waals surface area contributed by atoms with Crippen LogP contribution in [-0.4, -0.2) is 35.0 Å². The Morgan fingerprint density at radius 2 is 2.05 bits per heavy atom. The molecule has 114 valence electrons. The number of carbonyl (C=O) groups is 1. The van der Waals surface area contributed by atoms with E-state index in [9.17, 15) is 13.2 Å². The minimum atomic E-state index is -3.38. The van der Waals surface area contributed by atoms with E-state index in [1.807, 2.05) is 0 Å². The second-order valence-electron chi connectivity index (χ2n) is 5.91. The zero-order valence-corrected chi connectivity index (χ0v) is 13.7. The lowest BCUT2D eigenvalue weighted by molar-refractivity contribution is 0.0536. The topological polar surface area (TPSA) is 75.7 Å². The van der Waals surface area contributed by atoms with Crippen LogP contribution >= 0.6 is 11.8 Å². The zero-order valence-electron chi connectivity index (χ0n) is 12.0. The molecule has 1 aliphatic heterocycles. The predicted molar refractivity (Wildman–Crippen MR) is 78.3 cm³/mol. The quantitative estimate of drug-likeness (QED) is 0.863. The van der Waals surface area contributed by atoms with Gasteiger partial charge in [0, 0.05) is 5.41 Å². The molecule has 1 amide bonds. The summed E-state index contributed by atoms with van der Waals surface area (Å²) in [6, 6.07) is 0. The Balaban J connectivity index is 2.09. The fourth-order valence-electron chi connectivity index (χ4n) is 1.83. The van der Waals surface area contributed by atoms with Gasteiger partial charge in [-0.15, -0.1) is 11.8 Å². The van der Waals surface area contributed by atoms with Crippen LogP contribution in [0.1, 0.15) is 40.5 Å². The summed E-state index contributed by atoms with van der Waals surface area (Å²) in [4.78, 5) is 11.8. The van der Waals surface area contributed by atoms with Crippen LogP contribution in [0.2, 0.25) is 0 Å². The summed E-state index contributed by atoms with van der Waals surface area (Å²) in [6.07, 6.45) is 0.737. The maximum atomic E-state index is 12.4. The third-order valence-electron chi connectivity index (χ3n) is 2.79. The van der Waals surface area contributed by atoms with Crippen LogP contribution in [0.5, 0.6) is 0 Å². The second kappa shape index (κ2) is 5.14. The van der Waals surface area contributed by atoms with E-state index in [-0.39, 0.29) is 16.4 Å². The molecule has 0 aromatic heterocycles. The number of sulfonamides is 1. The highest BCUT2D eigenvalue weighted by Gasteiger charge is 2.45. The van der Waals surface area contributed by atoms with Gasteiger partial charge in [-0.25, -0.2) is 17.5 Å². The molecular formula is C12H20N2O4S2. The molecule has 2 rings (SSSR count). The highest BCUT2D eigenvalue weighted by atomic mass is 32.2. The van der Waals surface area contributed by atoms with E-state index in [2.05, 4.69) is 5.32 Å². The van der Waals surface area contributed by atoms with Crippen molar-refractivity contribution in [1.29, 1.82) is 0 Å². The van der Waals surface area contributed by atoms with Gasteiger partial charge < -0.3 is 4.74 Å². The van der Waals surface area contributed by atoms with Gasteiger partial charge in [0.1, 0.15) is 11.4 Å². The Morgan fingerprint density at radius 3 is 2.55 bits per heavy atom. The molecule has 0 spiro atoms. The maximum absolute atomic E-state index is 12.4. The third-order valence-corrected chi connectivity index (χ3v) is 6.27. The first kappa shape index (κ1) is 15.5. The van der Waals surface area contributed by atoms with E-state index in [0.717, 1.165) is 0 Å². The molecule has 0 aromatic rings. The van der Waals surface area contributed by atoms with Gasteiger partial charge in [0.15, 0.2) is 0 Å². The van der Waals surface area contributed by atoms with Gasteiger partial charge in [-0.05, 0) is 40.5 Å². The Kier molecular flexibility index (Phi) is 3.98. The van der Waals surface area contributed by atoms with Crippen LogP contribution in [0.4, 0.5) is 4.79 Å². The van der Waals surface area contributed by atoms with Gasteiger partial charge in [-0.2, -0.15) is 0 Å². The van der Waals surface area contributed by atoms with Crippen molar-refractivity contribution in [3.05, 3.63) is 11.2 Å². The van der Waals surface area contributed by atoms with Crippen molar-refractivity contribution in [3.63, 3.8) is 0 Å². The lowest BCUT2D eigenvalue weighted by atomic mass is 10.2. The fraction of sp³-hybridized carbons (Fsp3) is 0.750. The number of nitrogens with zero attached hydrogens (tertiary/aromatic N) is 1. The summed E-state index contributed by atoms with van der Waals surface area (Å²) < 4.78 is 31.2. The molecule has 1 saturated carbocycles. The van der Waals surface area contributed by atoms with E-state index >= 15 is 0 Å². The summed E-state index contributed by atoms with van der Waals surface area (Å²) in [7, 11) is -3.38. The van der Waals surface area contributed by atoms with Gasteiger partial charge in [0.2, 0.25) is 10.0 Å². The molecule has 20 heavy (non-hydrogen) atoms. The van der Waals surface area contributed by atoms with Crippen molar-refractivity contribution in [3.8, 4) is 0 Å². The molecule has 1 heterocycles. The highest BCUT2D eigenvalue weighted by molar-refractivity contribution is 8.03. The third kappa shape index (κ3) is 3.41. The number of thioether (sulfide) groups is 1. The Morgan fingerprint density at radius 1 is 1.45 bits per heavy atom. The first-order chi connectivity index (χ1) is 9.11. The molecule has 6 nitrogen and oxygen atoms in total. The number of rotatable bonds is 3. The van der Waals surface area contributed by atoms with Crippen LogP contribution in [-0.2, 0) is 14.8 Å². The molecule has 0 saturated heterocycles. The summed E-state index contributed by atoms with van der Waals surface area (Å²) >= 11 is 1.36. The molecule has 1 unspecified atom stereocenters. The molecule has 1 N–H and O–H groups in total. The highest BCUT2D eigenvalue weighted by Crippen LogP contribution is 2.39. The van der Waals surface area contributed by atoms with Crippen molar-refractivity contribution < 1.29 is 17.9 Å². The minimum absolute atomic E-state index is 0.245. The molecule has 2 aliphatic rings. The van der Waals surface area contributed by atoms with Gasteiger partial charge in [-0.3, -0.25) is 5.32 Å². The van der Waals surface area contributed by atoms with E-state index < -0.39 is 21.7 Å². The molecule has 8 heteroatoms. The van der Waals surface area contributed by atoms with E-state index in [1.54, 1.807) is 33.1 Å². The molecular weight excluding hydrogens is 300 g/mol. The summed E-state index contributed by atoms with van der Waals surface area (Å²) in [5, 5.41) is 3.62. The maximum Gasteiger partial charge on any atom is 0.413 e. The molecule has 0 bridgehead atoms. The Bertz CT molecular complexity index is 532. The first-order valence-electron chi connectivity index (χ1n) is 6.50. The van der Waals surface area contributed by atoms with Crippen molar-refractivity contribution in [2.75, 3.05) is 0 Å². The van der Waals surface area contributed by atoms with E-state index in [0.29, 0.717) is 12.8 Å². The number of hydrogen-bond acceptors (Lipinski definition) is 5. The van der Waals surface area contributed by atoms with Crippen LogP contribution in [0.3, 0.4) is 0 Å². The van der Waals surface area contributed by atoms with Gasteiger partial charge in [0.05, 0.1) is 10.6 Å². The average Bonchev–Trinajstić information content (AvgIpc) is 3.02. The standard InChI is InChI=1S/C12H20N2O4S2/c1-8-14(20(16,17)9-5-6-9)10(7-19-8)13-11(15)18-12(2,3)4/h7-9H,5-6H2,1-4H3,(H,13,15). The predicted octanol–water partition coefficient (Wildman–Crippen LogP) is 2.20. The van der Waals surface area contributed by atoms with Crippen molar-refractivity contribution >= 4 is 27.9 Å². The van der Waals surface area contributed by atoms with Crippen LogP contribution in [0, 0.1) is 0 Å². The van der Waals surface area contributed by atoms with Gasteiger partial charge in [0.25, 0.3) is 0 Å². The lowest BCUT2D eigenvalue weighted by Gasteiger charge is -2.27.